The molecule has 7 nitrogen and oxygen atoms in total. The van der Waals surface area contributed by atoms with Crippen LogP contribution in [0.25, 0.3) is 0 Å². The van der Waals surface area contributed by atoms with E-state index in [1.54, 1.807) is 11.8 Å². The van der Waals surface area contributed by atoms with Crippen molar-refractivity contribution < 1.29 is 29.0 Å². The highest BCUT2D eigenvalue weighted by Gasteiger charge is 2.33. The van der Waals surface area contributed by atoms with Crippen LogP contribution in [-0.4, -0.2) is 52.8 Å². The van der Waals surface area contributed by atoms with Crippen molar-refractivity contribution in [2.45, 2.75) is 71.4 Å². The van der Waals surface area contributed by atoms with Crippen LogP contribution in [0.2, 0.25) is 0 Å². The zero-order chi connectivity index (χ0) is 18.3. The molecule has 24 heavy (non-hydrogen) atoms. The number of likely N-dealkylation sites (tertiary alicyclic amines) is 1. The Labute approximate surface area is 143 Å². The first-order valence-electron chi connectivity index (χ1n) is 8.54. The van der Waals surface area contributed by atoms with E-state index < -0.39 is 23.5 Å². The van der Waals surface area contributed by atoms with Crippen LogP contribution in [0.3, 0.4) is 0 Å². The second-order valence-electron chi connectivity index (χ2n) is 7.04. The van der Waals surface area contributed by atoms with Gasteiger partial charge in [-0.1, -0.05) is 0 Å². The van der Waals surface area contributed by atoms with E-state index in [-0.39, 0.29) is 25.2 Å². The maximum absolute atomic E-state index is 12.3. The maximum Gasteiger partial charge on any atom is 0.410 e. The molecule has 0 aromatic carbocycles. The Kier molecular flexibility index (Phi) is 7.51. The Morgan fingerprint density at radius 2 is 1.92 bits per heavy atom. The number of esters is 1. The Balaban J connectivity index is 2.69. The first-order valence-corrected chi connectivity index (χ1v) is 8.54. The van der Waals surface area contributed by atoms with Gasteiger partial charge in [-0.25, -0.2) is 4.79 Å². The summed E-state index contributed by atoms with van der Waals surface area (Å²) in [6, 6.07) is -0.107. The van der Waals surface area contributed by atoms with E-state index >= 15 is 0 Å². The molecular formula is C17H29NO6. The minimum Gasteiger partial charge on any atom is -0.481 e. The van der Waals surface area contributed by atoms with Crippen molar-refractivity contribution >= 4 is 18.0 Å². The number of piperidine rings is 1. The zero-order valence-corrected chi connectivity index (χ0v) is 15.0. The molecule has 1 unspecified atom stereocenters. The largest absolute Gasteiger partial charge is 0.481 e. The number of rotatable bonds is 6. The van der Waals surface area contributed by atoms with E-state index in [4.69, 9.17) is 9.47 Å². The van der Waals surface area contributed by atoms with Gasteiger partial charge in [0.15, 0.2) is 5.92 Å². The molecule has 1 aliphatic rings. The average Bonchev–Trinajstić information content (AvgIpc) is 2.46. The molecule has 138 valence electrons. The van der Waals surface area contributed by atoms with Crippen molar-refractivity contribution in [1.29, 1.82) is 0 Å². The molecule has 1 fully saturated rings. The number of carbonyl (C=O) groups is 3. The highest BCUT2D eigenvalue weighted by atomic mass is 16.6. The summed E-state index contributed by atoms with van der Waals surface area (Å²) < 4.78 is 10.2. The van der Waals surface area contributed by atoms with Gasteiger partial charge in [-0.15, -0.1) is 0 Å². The molecule has 0 bridgehead atoms. The Bertz CT molecular complexity index is 456. The first kappa shape index (κ1) is 20.3. The summed E-state index contributed by atoms with van der Waals surface area (Å²) in [7, 11) is 0. The van der Waals surface area contributed by atoms with Crippen LogP contribution < -0.4 is 0 Å². The van der Waals surface area contributed by atoms with Crippen LogP contribution in [-0.2, 0) is 19.1 Å². The Morgan fingerprint density at radius 1 is 1.25 bits per heavy atom. The van der Waals surface area contributed by atoms with Gasteiger partial charge in [-0.3, -0.25) is 9.59 Å². The number of aliphatic carboxylic acids is 1. The fraction of sp³-hybridized carbons (Fsp3) is 0.824. The minimum absolute atomic E-state index is 0.107. The van der Waals surface area contributed by atoms with E-state index in [0.717, 1.165) is 19.3 Å². The summed E-state index contributed by atoms with van der Waals surface area (Å²) >= 11 is 0. The number of carbonyl (C=O) groups excluding carboxylic acids is 2. The second kappa shape index (κ2) is 8.89. The van der Waals surface area contributed by atoms with Crippen molar-refractivity contribution in [3.63, 3.8) is 0 Å². The van der Waals surface area contributed by atoms with Crippen LogP contribution in [0, 0.1) is 5.92 Å². The zero-order valence-electron chi connectivity index (χ0n) is 15.0. The van der Waals surface area contributed by atoms with Gasteiger partial charge in [-0.05, 0) is 59.8 Å². The smallest absolute Gasteiger partial charge is 0.410 e. The number of hydrogen-bond acceptors (Lipinski definition) is 5. The summed E-state index contributed by atoms with van der Waals surface area (Å²) in [5, 5.41) is 9.22. The predicted molar refractivity (Wildman–Crippen MR) is 87.6 cm³/mol. The fourth-order valence-corrected chi connectivity index (χ4v) is 2.81. The van der Waals surface area contributed by atoms with Crippen molar-refractivity contribution in [2.24, 2.45) is 5.92 Å². The molecule has 1 heterocycles. The van der Waals surface area contributed by atoms with Crippen molar-refractivity contribution in [2.75, 3.05) is 13.2 Å². The topological polar surface area (TPSA) is 93.1 Å². The quantitative estimate of drug-likeness (QED) is 0.589. The highest BCUT2D eigenvalue weighted by molar-refractivity contribution is 5.93. The summed E-state index contributed by atoms with van der Waals surface area (Å²) in [5.41, 5.74) is -0.576. The second-order valence-corrected chi connectivity index (χ2v) is 7.04. The van der Waals surface area contributed by atoms with Gasteiger partial charge in [0.25, 0.3) is 0 Å². The fourth-order valence-electron chi connectivity index (χ4n) is 2.81. The molecule has 1 aliphatic heterocycles. The standard InChI is InChI=1S/C17H29NO6/c1-5-23-15(21)13(14(19)20)10-9-12-8-6-7-11-18(12)16(22)24-17(2,3)4/h12-13H,5-11H2,1-4H3,(H,19,20)/t12?,13-/m0/s1. The predicted octanol–water partition coefficient (Wildman–Crippen LogP) is 2.82. The van der Waals surface area contributed by atoms with Gasteiger partial charge in [0.05, 0.1) is 6.61 Å². The molecular weight excluding hydrogens is 314 g/mol. The van der Waals surface area contributed by atoms with E-state index in [1.807, 2.05) is 20.8 Å². The molecule has 7 heteroatoms. The van der Waals surface area contributed by atoms with Gasteiger partial charge in [0.2, 0.25) is 0 Å². The summed E-state index contributed by atoms with van der Waals surface area (Å²) in [6.45, 7) is 7.82. The lowest BCUT2D eigenvalue weighted by atomic mass is 9.93. The highest BCUT2D eigenvalue weighted by Crippen LogP contribution is 2.25. The van der Waals surface area contributed by atoms with Crippen molar-refractivity contribution in [3.05, 3.63) is 0 Å². The molecule has 0 spiro atoms. The first-order chi connectivity index (χ1) is 11.2. The van der Waals surface area contributed by atoms with Crippen LogP contribution in [0.1, 0.15) is 59.8 Å². The van der Waals surface area contributed by atoms with Crippen LogP contribution in [0.4, 0.5) is 4.79 Å². The third kappa shape index (κ3) is 6.37. The molecule has 1 rings (SSSR count). The number of ether oxygens (including phenoxy) is 2. The van der Waals surface area contributed by atoms with Crippen LogP contribution >= 0.6 is 0 Å². The Morgan fingerprint density at radius 3 is 2.46 bits per heavy atom. The molecule has 0 aromatic heterocycles. The normalized spacial score (nSPS) is 19.5. The van der Waals surface area contributed by atoms with Crippen LogP contribution in [0.15, 0.2) is 0 Å². The Hall–Kier alpha value is -1.79. The van der Waals surface area contributed by atoms with E-state index in [9.17, 15) is 19.5 Å². The van der Waals surface area contributed by atoms with E-state index in [0.29, 0.717) is 13.0 Å². The molecule has 2 atom stereocenters. The van der Waals surface area contributed by atoms with Gasteiger partial charge in [0, 0.05) is 12.6 Å². The third-order valence-electron chi connectivity index (χ3n) is 3.91. The lowest BCUT2D eigenvalue weighted by Gasteiger charge is -2.37. The molecule has 0 aliphatic carbocycles. The van der Waals surface area contributed by atoms with E-state index in [1.165, 1.54) is 0 Å². The molecule has 0 aromatic rings. The van der Waals surface area contributed by atoms with Crippen molar-refractivity contribution in [3.8, 4) is 0 Å². The molecule has 1 amide bonds. The summed E-state index contributed by atoms with van der Waals surface area (Å²) in [4.78, 5) is 37.0. The number of carboxylic acid groups (broad SMARTS) is 1. The lowest BCUT2D eigenvalue weighted by Crippen LogP contribution is -2.46. The molecule has 1 saturated heterocycles. The lowest BCUT2D eigenvalue weighted by molar-refractivity contribution is -0.158. The number of amides is 1. The number of carboxylic acids is 1. The molecule has 0 radical (unpaired) electrons. The SMILES string of the molecule is CCOC(=O)[C@@H](CCC1CCCCN1C(=O)OC(C)(C)C)C(=O)O. The number of hydrogen-bond donors (Lipinski definition) is 1. The van der Waals surface area contributed by atoms with Gasteiger partial charge in [-0.2, -0.15) is 0 Å². The monoisotopic (exact) mass is 343 g/mol. The van der Waals surface area contributed by atoms with Gasteiger partial charge >= 0.3 is 18.0 Å². The molecule has 0 saturated carbocycles. The van der Waals surface area contributed by atoms with Gasteiger partial charge in [0.1, 0.15) is 5.60 Å². The average molecular weight is 343 g/mol. The maximum atomic E-state index is 12.3. The van der Waals surface area contributed by atoms with Crippen LogP contribution in [0.5, 0.6) is 0 Å². The van der Waals surface area contributed by atoms with Gasteiger partial charge < -0.3 is 19.5 Å². The van der Waals surface area contributed by atoms with E-state index in [2.05, 4.69) is 0 Å². The minimum atomic E-state index is -1.19. The van der Waals surface area contributed by atoms with Crippen molar-refractivity contribution in [1.82, 2.24) is 4.90 Å². The summed E-state index contributed by atoms with van der Waals surface area (Å²) in [5.74, 6) is -3.09. The summed E-state index contributed by atoms with van der Waals surface area (Å²) in [6.07, 6.45) is 2.87. The third-order valence-corrected chi connectivity index (χ3v) is 3.91. The number of nitrogens with zero attached hydrogens (tertiary/aromatic N) is 1. The molecule has 1 N–H and O–H groups in total.